The van der Waals surface area contributed by atoms with Crippen LogP contribution >= 0.6 is 0 Å². The molecular formula is C27H31N3O2. The van der Waals surface area contributed by atoms with Gasteiger partial charge in [0.1, 0.15) is 0 Å². The van der Waals surface area contributed by atoms with Gasteiger partial charge in [-0.2, -0.15) is 0 Å². The Hall–Kier alpha value is -2.76. The van der Waals surface area contributed by atoms with E-state index < -0.39 is 0 Å². The predicted octanol–water partition coefficient (Wildman–Crippen LogP) is 4.16. The third-order valence-electron chi connectivity index (χ3n) is 6.75. The number of benzene rings is 2. The topological polar surface area (TPSA) is 45.7 Å². The van der Waals surface area contributed by atoms with Gasteiger partial charge in [0.05, 0.1) is 13.2 Å². The summed E-state index contributed by atoms with van der Waals surface area (Å²) in [6, 6.07) is 16.6. The number of pyridine rings is 1. The lowest BCUT2D eigenvalue weighted by atomic mass is 9.95. The third kappa shape index (κ3) is 4.69. The van der Waals surface area contributed by atoms with Gasteiger partial charge < -0.3 is 9.64 Å². The molecule has 2 fully saturated rings. The normalized spacial score (nSPS) is 19.9. The van der Waals surface area contributed by atoms with Crippen molar-refractivity contribution in [2.24, 2.45) is 5.92 Å². The van der Waals surface area contributed by atoms with E-state index in [2.05, 4.69) is 40.2 Å². The number of aromatic nitrogens is 1. The summed E-state index contributed by atoms with van der Waals surface area (Å²) in [7, 11) is 0. The zero-order valence-electron chi connectivity index (χ0n) is 18.6. The van der Waals surface area contributed by atoms with Crippen LogP contribution in [0.25, 0.3) is 10.8 Å². The SMILES string of the molecule is O=C(c1ccccc1CN1CCCC1)N1CCOC[C@@H](Cc2cccc3ccncc23)C1. The third-order valence-corrected chi connectivity index (χ3v) is 6.75. The summed E-state index contributed by atoms with van der Waals surface area (Å²) in [5.74, 6) is 0.396. The van der Waals surface area contributed by atoms with E-state index in [1.807, 2.05) is 35.5 Å². The van der Waals surface area contributed by atoms with Crippen LogP contribution in [-0.4, -0.2) is 60.1 Å². The highest BCUT2D eigenvalue weighted by molar-refractivity contribution is 5.95. The van der Waals surface area contributed by atoms with Crippen molar-refractivity contribution in [2.45, 2.75) is 25.8 Å². The Morgan fingerprint density at radius 1 is 1.00 bits per heavy atom. The molecule has 2 aliphatic rings. The fraction of sp³-hybridized carbons (Fsp3) is 0.407. The average molecular weight is 430 g/mol. The highest BCUT2D eigenvalue weighted by Gasteiger charge is 2.26. The average Bonchev–Trinajstić information content (AvgIpc) is 3.23. The predicted molar refractivity (Wildman–Crippen MR) is 127 cm³/mol. The Kier molecular flexibility index (Phi) is 6.46. The van der Waals surface area contributed by atoms with E-state index in [1.54, 1.807) is 0 Å². The van der Waals surface area contributed by atoms with Crippen LogP contribution in [0, 0.1) is 5.92 Å². The number of nitrogens with zero attached hydrogens (tertiary/aromatic N) is 3. The van der Waals surface area contributed by atoms with Crippen LogP contribution in [0.5, 0.6) is 0 Å². The summed E-state index contributed by atoms with van der Waals surface area (Å²) in [6.07, 6.45) is 7.17. The van der Waals surface area contributed by atoms with Crippen LogP contribution in [0.15, 0.2) is 60.9 Å². The Morgan fingerprint density at radius 3 is 2.75 bits per heavy atom. The van der Waals surface area contributed by atoms with Crippen molar-refractivity contribution in [1.29, 1.82) is 0 Å². The Balaban J connectivity index is 1.33. The number of hydrogen-bond donors (Lipinski definition) is 0. The van der Waals surface area contributed by atoms with Gasteiger partial charge in [-0.25, -0.2) is 0 Å². The van der Waals surface area contributed by atoms with Gasteiger partial charge in [0.25, 0.3) is 5.91 Å². The first-order valence-corrected chi connectivity index (χ1v) is 11.8. The molecule has 1 atom stereocenters. The maximum Gasteiger partial charge on any atom is 0.254 e. The van der Waals surface area contributed by atoms with Gasteiger partial charge in [-0.05, 0) is 61.0 Å². The molecule has 2 aromatic carbocycles. The lowest BCUT2D eigenvalue weighted by molar-refractivity contribution is 0.0735. The quantitative estimate of drug-likeness (QED) is 0.611. The summed E-state index contributed by atoms with van der Waals surface area (Å²) in [4.78, 5) is 22.4. The van der Waals surface area contributed by atoms with E-state index >= 15 is 0 Å². The van der Waals surface area contributed by atoms with Crippen molar-refractivity contribution in [1.82, 2.24) is 14.8 Å². The van der Waals surface area contributed by atoms with E-state index in [9.17, 15) is 4.79 Å². The molecule has 166 valence electrons. The Morgan fingerprint density at radius 2 is 1.84 bits per heavy atom. The summed E-state index contributed by atoms with van der Waals surface area (Å²) in [5, 5.41) is 2.39. The van der Waals surface area contributed by atoms with Gasteiger partial charge in [0.15, 0.2) is 0 Å². The Bertz CT molecular complexity index is 1070. The van der Waals surface area contributed by atoms with Crippen LogP contribution in [-0.2, 0) is 17.7 Å². The van der Waals surface area contributed by atoms with Gasteiger partial charge >= 0.3 is 0 Å². The molecule has 2 aliphatic heterocycles. The molecule has 2 saturated heterocycles. The molecule has 1 aromatic heterocycles. The molecule has 0 radical (unpaired) electrons. The number of carbonyl (C=O) groups excluding carboxylic acids is 1. The van der Waals surface area contributed by atoms with E-state index in [0.29, 0.717) is 26.3 Å². The second-order valence-corrected chi connectivity index (χ2v) is 9.05. The molecule has 5 nitrogen and oxygen atoms in total. The van der Waals surface area contributed by atoms with Gasteiger partial charge in [0, 0.05) is 48.9 Å². The van der Waals surface area contributed by atoms with Gasteiger partial charge in [0.2, 0.25) is 0 Å². The molecule has 5 heteroatoms. The molecule has 1 amide bonds. The van der Waals surface area contributed by atoms with Crippen LogP contribution in [0.1, 0.15) is 34.3 Å². The van der Waals surface area contributed by atoms with E-state index in [1.165, 1.54) is 29.2 Å². The van der Waals surface area contributed by atoms with E-state index in [-0.39, 0.29) is 11.8 Å². The first-order chi connectivity index (χ1) is 15.8. The maximum absolute atomic E-state index is 13.6. The molecule has 0 N–H and O–H groups in total. The molecule has 3 heterocycles. The summed E-state index contributed by atoms with van der Waals surface area (Å²) >= 11 is 0. The van der Waals surface area contributed by atoms with Gasteiger partial charge in [-0.1, -0.05) is 36.4 Å². The summed E-state index contributed by atoms with van der Waals surface area (Å²) < 4.78 is 5.93. The molecule has 0 bridgehead atoms. The standard InChI is InChI=1S/C27H31N3O2/c31-27(25-9-2-1-6-24(25)19-29-12-3-4-13-29)30-14-15-32-20-21(18-30)16-23-8-5-7-22-10-11-28-17-26(22)23/h1-2,5-11,17,21H,3-4,12-16,18-20H2/t21-/m0/s1. The van der Waals surface area contributed by atoms with Gasteiger partial charge in [-0.3, -0.25) is 14.7 Å². The number of rotatable bonds is 5. The molecule has 5 rings (SSSR count). The number of ether oxygens (including phenoxy) is 1. The van der Waals surface area contributed by atoms with Crippen molar-refractivity contribution < 1.29 is 9.53 Å². The smallest absolute Gasteiger partial charge is 0.254 e. The fourth-order valence-corrected chi connectivity index (χ4v) is 5.07. The second kappa shape index (κ2) is 9.80. The highest BCUT2D eigenvalue weighted by atomic mass is 16.5. The minimum atomic E-state index is 0.134. The minimum absolute atomic E-state index is 0.134. The molecule has 0 aliphatic carbocycles. The zero-order chi connectivity index (χ0) is 21.8. The number of likely N-dealkylation sites (tertiary alicyclic amines) is 1. The minimum Gasteiger partial charge on any atom is -0.379 e. The molecular weight excluding hydrogens is 398 g/mol. The lowest BCUT2D eigenvalue weighted by Gasteiger charge is -2.26. The van der Waals surface area contributed by atoms with Crippen molar-refractivity contribution in [3.05, 3.63) is 77.6 Å². The zero-order valence-corrected chi connectivity index (χ0v) is 18.6. The summed E-state index contributed by atoms with van der Waals surface area (Å²) in [6.45, 7) is 5.74. The van der Waals surface area contributed by atoms with Crippen LogP contribution in [0.3, 0.4) is 0 Å². The first-order valence-electron chi connectivity index (χ1n) is 11.8. The van der Waals surface area contributed by atoms with Crippen molar-refractivity contribution in [3.63, 3.8) is 0 Å². The second-order valence-electron chi connectivity index (χ2n) is 9.05. The molecule has 0 saturated carbocycles. The number of fused-ring (bicyclic) bond motifs is 1. The van der Waals surface area contributed by atoms with Crippen molar-refractivity contribution in [3.8, 4) is 0 Å². The van der Waals surface area contributed by atoms with Gasteiger partial charge in [-0.15, -0.1) is 0 Å². The molecule has 0 unspecified atom stereocenters. The highest BCUT2D eigenvalue weighted by Crippen LogP contribution is 2.24. The number of carbonyl (C=O) groups is 1. The lowest BCUT2D eigenvalue weighted by Crippen LogP contribution is -2.37. The van der Waals surface area contributed by atoms with E-state index in [0.717, 1.165) is 37.2 Å². The maximum atomic E-state index is 13.6. The largest absolute Gasteiger partial charge is 0.379 e. The Labute approximate surface area is 190 Å². The van der Waals surface area contributed by atoms with Crippen LogP contribution in [0.4, 0.5) is 0 Å². The summed E-state index contributed by atoms with van der Waals surface area (Å²) in [5.41, 5.74) is 3.25. The van der Waals surface area contributed by atoms with E-state index in [4.69, 9.17) is 4.74 Å². The molecule has 0 spiro atoms. The monoisotopic (exact) mass is 429 g/mol. The fourth-order valence-electron chi connectivity index (χ4n) is 5.07. The van der Waals surface area contributed by atoms with Crippen LogP contribution < -0.4 is 0 Å². The molecule has 32 heavy (non-hydrogen) atoms. The van der Waals surface area contributed by atoms with Crippen LogP contribution in [0.2, 0.25) is 0 Å². The van der Waals surface area contributed by atoms with Crippen molar-refractivity contribution in [2.75, 3.05) is 39.4 Å². The number of amides is 1. The number of hydrogen-bond acceptors (Lipinski definition) is 4. The first kappa shape index (κ1) is 21.1. The van der Waals surface area contributed by atoms with Crippen molar-refractivity contribution >= 4 is 16.7 Å². The molecule has 3 aromatic rings.